The highest BCUT2D eigenvalue weighted by atomic mass is 32.1. The smallest absolute Gasteiger partial charge is 0.227 e. The Morgan fingerprint density at radius 3 is 2.59 bits per heavy atom. The summed E-state index contributed by atoms with van der Waals surface area (Å²) < 4.78 is 5.44. The number of anilines is 2. The molecule has 2 aliphatic heterocycles. The molecule has 0 unspecified atom stereocenters. The number of carbonyl (C=O) groups is 1. The number of rotatable bonds is 4. The largest absolute Gasteiger partial charge is 0.378 e. The normalized spacial score (nSPS) is 18.0. The molecule has 0 aromatic carbocycles. The first kappa shape index (κ1) is 18.2. The van der Waals surface area contributed by atoms with Crippen molar-refractivity contribution >= 4 is 29.0 Å². The zero-order chi connectivity index (χ0) is 18.6. The van der Waals surface area contributed by atoms with Crippen LogP contribution in [0.3, 0.4) is 0 Å². The number of thiophene rings is 1. The number of amides is 1. The van der Waals surface area contributed by atoms with Crippen molar-refractivity contribution in [1.82, 2.24) is 14.9 Å². The fraction of sp³-hybridized carbons (Fsp3) is 0.526. The van der Waals surface area contributed by atoms with Gasteiger partial charge < -0.3 is 19.4 Å². The van der Waals surface area contributed by atoms with Crippen molar-refractivity contribution in [3.8, 4) is 0 Å². The van der Waals surface area contributed by atoms with Crippen molar-refractivity contribution in [3.05, 3.63) is 34.2 Å². The molecule has 4 heterocycles. The summed E-state index contributed by atoms with van der Waals surface area (Å²) in [5.41, 5.74) is 0.970. The molecule has 27 heavy (non-hydrogen) atoms. The molecule has 8 heteroatoms. The summed E-state index contributed by atoms with van der Waals surface area (Å²) in [6.07, 6.45) is 0.500. The first-order chi connectivity index (χ1) is 13.2. The average molecular weight is 388 g/mol. The molecule has 7 nitrogen and oxygen atoms in total. The molecule has 2 saturated heterocycles. The minimum atomic E-state index is 0.205. The molecule has 0 aliphatic carbocycles. The highest BCUT2D eigenvalue weighted by Gasteiger charge is 2.24. The molecule has 1 amide bonds. The SMILES string of the molecule is Cc1cc(N2CCOCC2)nc(N2CCN(C(=O)Cc3cccs3)CC2)n1. The van der Waals surface area contributed by atoms with E-state index in [1.807, 2.05) is 35.4 Å². The highest BCUT2D eigenvalue weighted by molar-refractivity contribution is 7.10. The van der Waals surface area contributed by atoms with E-state index in [0.29, 0.717) is 19.5 Å². The monoisotopic (exact) mass is 387 g/mol. The van der Waals surface area contributed by atoms with Crippen LogP contribution >= 0.6 is 11.3 Å². The van der Waals surface area contributed by atoms with E-state index in [-0.39, 0.29) is 5.91 Å². The Hall–Kier alpha value is -2.19. The van der Waals surface area contributed by atoms with Gasteiger partial charge in [-0.2, -0.15) is 4.98 Å². The average Bonchev–Trinajstić information content (AvgIpc) is 3.21. The maximum absolute atomic E-state index is 12.5. The van der Waals surface area contributed by atoms with Crippen LogP contribution in [0, 0.1) is 6.92 Å². The Kier molecular flexibility index (Phi) is 5.54. The predicted octanol–water partition coefficient (Wildman–Crippen LogP) is 1.57. The van der Waals surface area contributed by atoms with Gasteiger partial charge in [0.1, 0.15) is 5.82 Å². The Morgan fingerprint density at radius 2 is 1.89 bits per heavy atom. The van der Waals surface area contributed by atoms with Gasteiger partial charge in [0.25, 0.3) is 0 Å². The van der Waals surface area contributed by atoms with Crippen LogP contribution in [0.15, 0.2) is 23.6 Å². The summed E-state index contributed by atoms with van der Waals surface area (Å²) in [6, 6.07) is 6.05. The molecule has 0 radical (unpaired) electrons. The number of aromatic nitrogens is 2. The van der Waals surface area contributed by atoms with E-state index in [0.717, 1.165) is 61.7 Å². The van der Waals surface area contributed by atoms with Gasteiger partial charge >= 0.3 is 0 Å². The number of aryl methyl sites for hydroxylation is 1. The number of nitrogens with zero attached hydrogens (tertiary/aromatic N) is 5. The number of carbonyl (C=O) groups excluding carboxylic acids is 1. The van der Waals surface area contributed by atoms with Gasteiger partial charge in [-0.25, -0.2) is 4.98 Å². The van der Waals surface area contributed by atoms with Gasteiger partial charge in [0, 0.05) is 55.9 Å². The fourth-order valence-electron chi connectivity index (χ4n) is 3.46. The molecule has 2 aromatic heterocycles. The van der Waals surface area contributed by atoms with Crippen molar-refractivity contribution < 1.29 is 9.53 Å². The lowest BCUT2D eigenvalue weighted by molar-refractivity contribution is -0.130. The molecule has 2 fully saturated rings. The Labute approximate surface area is 163 Å². The van der Waals surface area contributed by atoms with Crippen LogP contribution in [0.2, 0.25) is 0 Å². The van der Waals surface area contributed by atoms with Gasteiger partial charge in [0.15, 0.2) is 0 Å². The molecule has 0 N–H and O–H groups in total. The minimum Gasteiger partial charge on any atom is -0.378 e. The predicted molar refractivity (Wildman–Crippen MR) is 107 cm³/mol. The molecular formula is C19H25N5O2S. The molecule has 0 spiro atoms. The first-order valence-corrected chi connectivity index (χ1v) is 10.3. The van der Waals surface area contributed by atoms with Gasteiger partial charge in [-0.05, 0) is 18.4 Å². The van der Waals surface area contributed by atoms with Crippen molar-refractivity contribution in [2.45, 2.75) is 13.3 Å². The van der Waals surface area contributed by atoms with Crippen LogP contribution in [0.1, 0.15) is 10.6 Å². The fourth-order valence-corrected chi connectivity index (χ4v) is 4.16. The molecule has 0 atom stereocenters. The van der Waals surface area contributed by atoms with Crippen LogP contribution in [0.25, 0.3) is 0 Å². The van der Waals surface area contributed by atoms with Crippen LogP contribution < -0.4 is 9.80 Å². The van der Waals surface area contributed by atoms with E-state index in [1.54, 1.807) is 11.3 Å². The second-order valence-corrected chi connectivity index (χ2v) is 7.92. The second-order valence-electron chi connectivity index (χ2n) is 6.89. The summed E-state index contributed by atoms with van der Waals surface area (Å²) in [4.78, 5) is 29.4. The lowest BCUT2D eigenvalue weighted by atomic mass is 10.2. The van der Waals surface area contributed by atoms with Crippen LogP contribution in [0.5, 0.6) is 0 Å². The minimum absolute atomic E-state index is 0.205. The topological polar surface area (TPSA) is 61.8 Å². The molecule has 0 saturated carbocycles. The molecule has 2 aromatic rings. The highest BCUT2D eigenvalue weighted by Crippen LogP contribution is 2.20. The Balaban J connectivity index is 1.39. The third-order valence-corrected chi connectivity index (χ3v) is 5.86. The van der Waals surface area contributed by atoms with Crippen molar-refractivity contribution in [2.75, 3.05) is 62.3 Å². The zero-order valence-electron chi connectivity index (χ0n) is 15.6. The van der Waals surface area contributed by atoms with Gasteiger partial charge in [-0.15, -0.1) is 11.3 Å². The van der Waals surface area contributed by atoms with Crippen LogP contribution in [-0.2, 0) is 16.0 Å². The van der Waals surface area contributed by atoms with E-state index in [9.17, 15) is 4.79 Å². The third kappa shape index (κ3) is 4.39. The van der Waals surface area contributed by atoms with Crippen molar-refractivity contribution in [1.29, 1.82) is 0 Å². The maximum atomic E-state index is 12.5. The summed E-state index contributed by atoms with van der Waals surface area (Å²) in [5.74, 6) is 1.94. The van der Waals surface area contributed by atoms with E-state index >= 15 is 0 Å². The second kappa shape index (κ2) is 8.22. The maximum Gasteiger partial charge on any atom is 0.227 e. The van der Waals surface area contributed by atoms with Crippen molar-refractivity contribution in [2.24, 2.45) is 0 Å². The lowest BCUT2D eigenvalue weighted by Gasteiger charge is -2.35. The lowest BCUT2D eigenvalue weighted by Crippen LogP contribution is -2.49. The van der Waals surface area contributed by atoms with E-state index in [2.05, 4.69) is 14.8 Å². The van der Waals surface area contributed by atoms with Gasteiger partial charge in [0.05, 0.1) is 19.6 Å². The third-order valence-electron chi connectivity index (χ3n) is 4.98. The molecular weight excluding hydrogens is 362 g/mol. The first-order valence-electron chi connectivity index (χ1n) is 9.42. The van der Waals surface area contributed by atoms with Crippen LogP contribution in [0.4, 0.5) is 11.8 Å². The number of hydrogen-bond acceptors (Lipinski definition) is 7. The summed E-state index contributed by atoms with van der Waals surface area (Å²) in [7, 11) is 0. The number of ether oxygens (including phenoxy) is 1. The number of hydrogen-bond donors (Lipinski definition) is 0. The summed E-state index contributed by atoms with van der Waals surface area (Å²) in [6.45, 7) is 8.18. The van der Waals surface area contributed by atoms with Gasteiger partial charge in [-0.1, -0.05) is 6.07 Å². The molecule has 2 aliphatic rings. The molecule has 144 valence electrons. The Morgan fingerprint density at radius 1 is 1.11 bits per heavy atom. The molecule has 4 rings (SSSR count). The standard InChI is InChI=1S/C19H25N5O2S/c1-15-13-17(22-8-10-26-11-9-22)21-19(20-15)24-6-4-23(5-7-24)18(25)14-16-3-2-12-27-16/h2-3,12-13H,4-11,14H2,1H3. The van der Waals surface area contributed by atoms with E-state index in [4.69, 9.17) is 9.72 Å². The van der Waals surface area contributed by atoms with Crippen molar-refractivity contribution in [3.63, 3.8) is 0 Å². The summed E-state index contributed by atoms with van der Waals surface area (Å²) >= 11 is 1.64. The number of morpholine rings is 1. The summed E-state index contributed by atoms with van der Waals surface area (Å²) in [5, 5.41) is 2.02. The quantitative estimate of drug-likeness (QED) is 0.794. The van der Waals surface area contributed by atoms with E-state index in [1.165, 1.54) is 0 Å². The van der Waals surface area contributed by atoms with E-state index < -0.39 is 0 Å². The Bertz CT molecular complexity index is 768. The molecule has 0 bridgehead atoms. The zero-order valence-corrected chi connectivity index (χ0v) is 16.5. The van der Waals surface area contributed by atoms with Gasteiger partial charge in [-0.3, -0.25) is 4.79 Å². The van der Waals surface area contributed by atoms with Crippen LogP contribution in [-0.4, -0.2) is 73.3 Å². The van der Waals surface area contributed by atoms with Gasteiger partial charge in [0.2, 0.25) is 11.9 Å². The number of piperazine rings is 1.